The van der Waals surface area contributed by atoms with Gasteiger partial charge in [0, 0.05) is 28.9 Å². The third kappa shape index (κ3) is 4.42. The first-order valence-corrected chi connectivity index (χ1v) is 11.7. The van der Waals surface area contributed by atoms with Gasteiger partial charge in [0.1, 0.15) is 0 Å². The van der Waals surface area contributed by atoms with Crippen LogP contribution in [0.2, 0.25) is 0 Å². The highest BCUT2D eigenvalue weighted by Gasteiger charge is 2.37. The minimum absolute atomic E-state index is 0.0931. The summed E-state index contributed by atoms with van der Waals surface area (Å²) in [7, 11) is -3.62. The number of hydrogen-bond acceptors (Lipinski definition) is 4. The van der Waals surface area contributed by atoms with Crippen molar-refractivity contribution in [3.8, 4) is 0 Å². The topological polar surface area (TPSA) is 75.3 Å². The molecular formula is C20H26N2O3S2. The van der Waals surface area contributed by atoms with E-state index in [0.717, 1.165) is 25.7 Å². The number of aryl methyl sites for hydroxylation is 1. The molecule has 1 aromatic heterocycles. The van der Waals surface area contributed by atoms with Crippen molar-refractivity contribution in [2.24, 2.45) is 0 Å². The van der Waals surface area contributed by atoms with Crippen LogP contribution >= 0.6 is 11.3 Å². The van der Waals surface area contributed by atoms with E-state index >= 15 is 0 Å². The second-order valence-corrected chi connectivity index (χ2v) is 9.85. The maximum atomic E-state index is 12.9. The maximum absolute atomic E-state index is 12.9. The van der Waals surface area contributed by atoms with Crippen LogP contribution in [0.25, 0.3) is 0 Å². The number of nitrogens with one attached hydrogen (secondary N) is 2. The third-order valence-corrected chi connectivity index (χ3v) is 7.95. The molecule has 0 saturated heterocycles. The molecule has 27 heavy (non-hydrogen) atoms. The van der Waals surface area contributed by atoms with Crippen molar-refractivity contribution in [1.82, 2.24) is 4.72 Å². The highest BCUT2D eigenvalue weighted by molar-refractivity contribution is 7.89. The van der Waals surface area contributed by atoms with E-state index in [-0.39, 0.29) is 16.2 Å². The molecule has 0 aliphatic heterocycles. The number of anilines is 1. The van der Waals surface area contributed by atoms with Gasteiger partial charge >= 0.3 is 0 Å². The average molecular weight is 407 g/mol. The van der Waals surface area contributed by atoms with Gasteiger partial charge in [-0.05, 0) is 55.0 Å². The largest absolute Gasteiger partial charge is 0.326 e. The van der Waals surface area contributed by atoms with Crippen molar-refractivity contribution in [2.45, 2.75) is 56.3 Å². The summed E-state index contributed by atoms with van der Waals surface area (Å²) in [4.78, 5) is 13.1. The Morgan fingerprint density at radius 2 is 1.96 bits per heavy atom. The monoisotopic (exact) mass is 406 g/mol. The van der Waals surface area contributed by atoms with Crippen molar-refractivity contribution in [3.63, 3.8) is 0 Å². The van der Waals surface area contributed by atoms with Crippen LogP contribution in [0.3, 0.4) is 0 Å². The summed E-state index contributed by atoms with van der Waals surface area (Å²) >= 11 is 1.70. The van der Waals surface area contributed by atoms with Crippen molar-refractivity contribution in [3.05, 3.63) is 46.2 Å². The van der Waals surface area contributed by atoms with Crippen LogP contribution in [0.1, 0.15) is 49.5 Å². The Kier molecular flexibility index (Phi) is 6.03. The van der Waals surface area contributed by atoms with Crippen LogP contribution in [0.4, 0.5) is 5.69 Å². The van der Waals surface area contributed by atoms with E-state index in [0.29, 0.717) is 24.2 Å². The van der Waals surface area contributed by atoms with Gasteiger partial charge in [0.15, 0.2) is 0 Å². The number of amides is 1. The molecule has 1 fully saturated rings. The fraction of sp³-hybridized carbons (Fsp3) is 0.450. The normalized spacial score (nSPS) is 16.4. The van der Waals surface area contributed by atoms with Crippen LogP contribution < -0.4 is 10.0 Å². The van der Waals surface area contributed by atoms with E-state index in [2.05, 4.69) is 21.5 Å². The molecule has 1 amide bonds. The van der Waals surface area contributed by atoms with Gasteiger partial charge in [-0.2, -0.15) is 0 Å². The number of rotatable bonds is 7. The molecular weight excluding hydrogens is 380 g/mol. The molecule has 3 rings (SSSR count). The Hall–Kier alpha value is -1.70. The summed E-state index contributed by atoms with van der Waals surface area (Å²) in [6.07, 6.45) is 4.66. The van der Waals surface area contributed by atoms with Crippen LogP contribution in [0.5, 0.6) is 0 Å². The Morgan fingerprint density at radius 1 is 1.22 bits per heavy atom. The summed E-state index contributed by atoms with van der Waals surface area (Å²) in [6, 6.07) is 9.05. The zero-order valence-corrected chi connectivity index (χ0v) is 17.4. The summed E-state index contributed by atoms with van der Waals surface area (Å²) in [5, 5.41) is 4.81. The third-order valence-electron chi connectivity index (χ3n) is 5.27. The number of thiophene rings is 1. The Labute approximate surface area is 165 Å². The summed E-state index contributed by atoms with van der Waals surface area (Å²) in [5.41, 5.74) is 1.14. The average Bonchev–Trinajstić information content (AvgIpc) is 3.32. The first kappa shape index (κ1) is 20.0. The predicted molar refractivity (Wildman–Crippen MR) is 110 cm³/mol. The van der Waals surface area contributed by atoms with Crippen molar-refractivity contribution in [1.29, 1.82) is 0 Å². The smallest absolute Gasteiger partial charge is 0.240 e. The quantitative estimate of drug-likeness (QED) is 0.724. The van der Waals surface area contributed by atoms with Gasteiger partial charge in [-0.25, -0.2) is 13.1 Å². The molecule has 2 N–H and O–H groups in total. The van der Waals surface area contributed by atoms with Gasteiger partial charge in [-0.3, -0.25) is 4.79 Å². The van der Waals surface area contributed by atoms with Crippen LogP contribution in [0, 0.1) is 6.92 Å². The molecule has 1 aliphatic rings. The molecule has 2 aromatic rings. The molecule has 0 radical (unpaired) electrons. The van der Waals surface area contributed by atoms with E-state index in [1.165, 1.54) is 4.88 Å². The zero-order chi connectivity index (χ0) is 19.5. The molecule has 0 bridgehead atoms. The minimum atomic E-state index is -3.62. The number of benzene rings is 1. The van der Waals surface area contributed by atoms with E-state index < -0.39 is 10.0 Å². The molecule has 5 nitrogen and oxygen atoms in total. The lowest BCUT2D eigenvalue weighted by atomic mass is 9.85. The highest BCUT2D eigenvalue weighted by Crippen LogP contribution is 2.42. The fourth-order valence-corrected chi connectivity index (χ4v) is 6.07. The standard InChI is InChI=1S/C20H26N2O3S2/c1-3-19(23)22-16-8-9-17(15(2)13-16)27(24,25)21-14-20(10-4-5-11-20)18-7-6-12-26-18/h6-9,12-13,21H,3-5,10-11,14H2,1-2H3,(H,22,23). The van der Waals surface area contributed by atoms with Crippen LogP contribution in [-0.2, 0) is 20.2 Å². The highest BCUT2D eigenvalue weighted by atomic mass is 32.2. The van der Waals surface area contributed by atoms with E-state index in [9.17, 15) is 13.2 Å². The molecule has 1 aliphatic carbocycles. The molecule has 1 heterocycles. The van der Waals surface area contributed by atoms with Gasteiger partial charge in [0.2, 0.25) is 15.9 Å². The lowest BCUT2D eigenvalue weighted by Gasteiger charge is -2.28. The molecule has 1 aromatic carbocycles. The van der Waals surface area contributed by atoms with Gasteiger partial charge in [-0.15, -0.1) is 11.3 Å². The SMILES string of the molecule is CCC(=O)Nc1ccc(S(=O)(=O)NCC2(c3cccs3)CCCC2)c(C)c1. The van der Waals surface area contributed by atoms with Crippen LogP contribution in [0.15, 0.2) is 40.6 Å². The number of carbonyl (C=O) groups is 1. The Morgan fingerprint density at radius 3 is 2.56 bits per heavy atom. The minimum Gasteiger partial charge on any atom is -0.326 e. The lowest BCUT2D eigenvalue weighted by Crippen LogP contribution is -2.38. The summed E-state index contributed by atoms with van der Waals surface area (Å²) in [5.74, 6) is -0.0951. The summed E-state index contributed by atoms with van der Waals surface area (Å²) in [6.45, 7) is 3.95. The molecule has 0 atom stereocenters. The maximum Gasteiger partial charge on any atom is 0.240 e. The fourth-order valence-electron chi connectivity index (χ4n) is 3.73. The van der Waals surface area contributed by atoms with E-state index in [4.69, 9.17) is 0 Å². The first-order chi connectivity index (χ1) is 12.9. The molecule has 146 valence electrons. The van der Waals surface area contributed by atoms with Gasteiger partial charge in [0.25, 0.3) is 0 Å². The van der Waals surface area contributed by atoms with Crippen molar-refractivity contribution in [2.75, 3.05) is 11.9 Å². The second kappa shape index (κ2) is 8.12. The summed E-state index contributed by atoms with van der Waals surface area (Å²) < 4.78 is 28.7. The van der Waals surface area contributed by atoms with E-state index in [1.54, 1.807) is 43.4 Å². The van der Waals surface area contributed by atoms with Gasteiger partial charge in [0.05, 0.1) is 4.90 Å². The van der Waals surface area contributed by atoms with E-state index in [1.807, 2.05) is 6.07 Å². The number of hydrogen-bond donors (Lipinski definition) is 2. The Balaban J connectivity index is 1.77. The van der Waals surface area contributed by atoms with Crippen molar-refractivity contribution >= 4 is 33.0 Å². The first-order valence-electron chi connectivity index (χ1n) is 9.30. The molecule has 7 heteroatoms. The van der Waals surface area contributed by atoms with Gasteiger partial charge in [-0.1, -0.05) is 25.8 Å². The van der Waals surface area contributed by atoms with Crippen LogP contribution in [-0.4, -0.2) is 20.9 Å². The molecule has 0 unspecified atom stereocenters. The Bertz CT molecular complexity index is 899. The zero-order valence-electron chi connectivity index (χ0n) is 15.7. The number of carbonyl (C=O) groups excluding carboxylic acids is 1. The predicted octanol–water partition coefficient (Wildman–Crippen LogP) is 4.20. The second-order valence-electron chi connectivity index (χ2n) is 7.17. The molecule has 0 spiro atoms. The number of sulfonamides is 1. The van der Waals surface area contributed by atoms with Gasteiger partial charge < -0.3 is 5.32 Å². The molecule has 1 saturated carbocycles. The lowest BCUT2D eigenvalue weighted by molar-refractivity contribution is -0.115. The van der Waals surface area contributed by atoms with Crippen molar-refractivity contribution < 1.29 is 13.2 Å².